The summed E-state index contributed by atoms with van der Waals surface area (Å²) in [6.07, 6.45) is 2.43. The van der Waals surface area contributed by atoms with E-state index < -0.39 is 0 Å². The predicted molar refractivity (Wildman–Crippen MR) is 79.2 cm³/mol. The first-order chi connectivity index (χ1) is 9.60. The first-order valence-corrected chi connectivity index (χ1v) is 7.23. The normalized spacial score (nSPS) is 23.6. The number of piperidine rings is 1. The topological polar surface area (TPSA) is 55.6 Å². The summed E-state index contributed by atoms with van der Waals surface area (Å²) < 4.78 is 4.77. The molecule has 1 saturated heterocycles. The molecule has 1 aromatic rings. The summed E-state index contributed by atoms with van der Waals surface area (Å²) >= 11 is 0. The maximum Gasteiger partial charge on any atom is 0.309 e. The quantitative estimate of drug-likeness (QED) is 0.851. The van der Waals surface area contributed by atoms with Gasteiger partial charge in [-0.05, 0) is 30.9 Å². The van der Waals surface area contributed by atoms with Crippen LogP contribution in [0.25, 0.3) is 0 Å². The molecule has 0 saturated carbocycles. The highest BCUT2D eigenvalue weighted by Crippen LogP contribution is 2.20. The Balaban J connectivity index is 2.07. The summed E-state index contributed by atoms with van der Waals surface area (Å²) in [5.41, 5.74) is 8.27. The number of esters is 1. The van der Waals surface area contributed by atoms with E-state index in [-0.39, 0.29) is 5.97 Å². The van der Waals surface area contributed by atoms with E-state index in [2.05, 4.69) is 17.9 Å². The molecule has 0 spiro atoms. The van der Waals surface area contributed by atoms with Crippen LogP contribution in [0.5, 0.6) is 0 Å². The highest BCUT2D eigenvalue weighted by Gasteiger charge is 2.23. The second-order valence-electron chi connectivity index (χ2n) is 5.63. The van der Waals surface area contributed by atoms with E-state index in [1.54, 1.807) is 0 Å². The average molecular weight is 276 g/mol. The predicted octanol–water partition coefficient (Wildman–Crippen LogP) is 1.71. The second-order valence-corrected chi connectivity index (χ2v) is 5.63. The van der Waals surface area contributed by atoms with Gasteiger partial charge in [-0.1, -0.05) is 24.3 Å². The summed E-state index contributed by atoms with van der Waals surface area (Å²) in [7, 11) is 1.43. The molecule has 4 heteroatoms. The summed E-state index contributed by atoms with van der Waals surface area (Å²) in [5.74, 6) is -0.189. The smallest absolute Gasteiger partial charge is 0.309 e. The number of hydrogen-bond acceptors (Lipinski definition) is 4. The average Bonchev–Trinajstić information content (AvgIpc) is 2.43. The standard InChI is InChI=1S/C16H24N2O2/c1-12-9-15(17)7-8-18(12)11-14-6-4-3-5-13(14)10-16(19)20-2/h3-6,12,15H,7-11,17H2,1-2H3. The van der Waals surface area contributed by atoms with Crippen LogP contribution in [-0.4, -0.2) is 36.6 Å². The molecule has 1 aliphatic rings. The maximum atomic E-state index is 11.5. The summed E-state index contributed by atoms with van der Waals surface area (Å²) in [4.78, 5) is 13.9. The van der Waals surface area contributed by atoms with Crippen LogP contribution in [0.2, 0.25) is 0 Å². The van der Waals surface area contributed by atoms with Gasteiger partial charge in [-0.3, -0.25) is 9.69 Å². The molecule has 1 aliphatic heterocycles. The van der Waals surface area contributed by atoms with Gasteiger partial charge in [0, 0.05) is 25.2 Å². The van der Waals surface area contributed by atoms with Crippen molar-refractivity contribution in [1.29, 1.82) is 0 Å². The molecule has 2 rings (SSSR count). The van der Waals surface area contributed by atoms with Crippen LogP contribution in [-0.2, 0) is 22.5 Å². The van der Waals surface area contributed by atoms with Gasteiger partial charge in [-0.25, -0.2) is 0 Å². The highest BCUT2D eigenvalue weighted by molar-refractivity contribution is 5.72. The van der Waals surface area contributed by atoms with Crippen molar-refractivity contribution >= 4 is 5.97 Å². The minimum Gasteiger partial charge on any atom is -0.469 e. The first kappa shape index (κ1) is 15.0. The van der Waals surface area contributed by atoms with E-state index in [1.807, 2.05) is 18.2 Å². The van der Waals surface area contributed by atoms with Crippen LogP contribution in [0.3, 0.4) is 0 Å². The van der Waals surface area contributed by atoms with Crippen LogP contribution in [0.1, 0.15) is 30.9 Å². The molecule has 110 valence electrons. The van der Waals surface area contributed by atoms with Crippen LogP contribution < -0.4 is 5.73 Å². The number of methoxy groups -OCH3 is 1. The SMILES string of the molecule is COC(=O)Cc1ccccc1CN1CCC(N)CC1C. The Morgan fingerprint density at radius 3 is 2.75 bits per heavy atom. The molecule has 0 amide bonds. The first-order valence-electron chi connectivity index (χ1n) is 7.23. The number of benzene rings is 1. The van der Waals surface area contributed by atoms with Gasteiger partial charge in [0.1, 0.15) is 0 Å². The number of likely N-dealkylation sites (tertiary alicyclic amines) is 1. The molecule has 1 fully saturated rings. The van der Waals surface area contributed by atoms with E-state index in [1.165, 1.54) is 12.7 Å². The molecule has 20 heavy (non-hydrogen) atoms. The minimum atomic E-state index is -0.189. The number of carbonyl (C=O) groups excluding carboxylic acids is 1. The van der Waals surface area contributed by atoms with Crippen molar-refractivity contribution < 1.29 is 9.53 Å². The minimum absolute atomic E-state index is 0.189. The lowest BCUT2D eigenvalue weighted by Crippen LogP contribution is -2.45. The van der Waals surface area contributed by atoms with Crippen molar-refractivity contribution in [2.75, 3.05) is 13.7 Å². The lowest BCUT2D eigenvalue weighted by atomic mass is 9.97. The molecule has 0 radical (unpaired) electrons. The fourth-order valence-corrected chi connectivity index (χ4v) is 2.82. The molecule has 2 N–H and O–H groups in total. The van der Waals surface area contributed by atoms with Gasteiger partial charge >= 0.3 is 5.97 Å². The van der Waals surface area contributed by atoms with Crippen LogP contribution in [0.4, 0.5) is 0 Å². The third-order valence-corrected chi connectivity index (χ3v) is 4.11. The third kappa shape index (κ3) is 3.81. The lowest BCUT2D eigenvalue weighted by molar-refractivity contribution is -0.139. The molecule has 0 aliphatic carbocycles. The van der Waals surface area contributed by atoms with Crippen LogP contribution >= 0.6 is 0 Å². The second kappa shape index (κ2) is 6.86. The Labute approximate surface area is 120 Å². The van der Waals surface area contributed by atoms with E-state index >= 15 is 0 Å². The van der Waals surface area contributed by atoms with Gasteiger partial charge in [0.05, 0.1) is 13.5 Å². The molecule has 2 atom stereocenters. The molecular formula is C16H24N2O2. The zero-order chi connectivity index (χ0) is 14.5. The highest BCUT2D eigenvalue weighted by atomic mass is 16.5. The molecular weight excluding hydrogens is 252 g/mol. The Hall–Kier alpha value is -1.39. The number of ether oxygens (including phenoxy) is 1. The molecule has 1 heterocycles. The number of hydrogen-bond donors (Lipinski definition) is 1. The molecule has 4 nitrogen and oxygen atoms in total. The Morgan fingerprint density at radius 2 is 2.10 bits per heavy atom. The van der Waals surface area contributed by atoms with Gasteiger partial charge in [-0.15, -0.1) is 0 Å². The van der Waals surface area contributed by atoms with Crippen molar-refractivity contribution in [3.8, 4) is 0 Å². The fourth-order valence-electron chi connectivity index (χ4n) is 2.82. The van der Waals surface area contributed by atoms with Crippen molar-refractivity contribution in [1.82, 2.24) is 4.90 Å². The Bertz CT molecular complexity index is 462. The number of rotatable bonds is 4. The monoisotopic (exact) mass is 276 g/mol. The summed E-state index contributed by atoms with van der Waals surface area (Å²) in [6, 6.07) is 8.91. The van der Waals surface area contributed by atoms with Gasteiger partial charge in [-0.2, -0.15) is 0 Å². The Morgan fingerprint density at radius 1 is 1.40 bits per heavy atom. The van der Waals surface area contributed by atoms with Gasteiger partial charge in [0.25, 0.3) is 0 Å². The van der Waals surface area contributed by atoms with Crippen LogP contribution in [0, 0.1) is 0 Å². The zero-order valence-electron chi connectivity index (χ0n) is 12.3. The zero-order valence-corrected chi connectivity index (χ0v) is 12.3. The molecule has 1 aromatic carbocycles. The molecule has 0 bridgehead atoms. The van der Waals surface area contributed by atoms with Gasteiger partial charge in [0.15, 0.2) is 0 Å². The number of nitrogens with zero attached hydrogens (tertiary/aromatic N) is 1. The van der Waals surface area contributed by atoms with E-state index in [0.717, 1.165) is 31.5 Å². The lowest BCUT2D eigenvalue weighted by Gasteiger charge is -2.36. The van der Waals surface area contributed by atoms with Crippen molar-refractivity contribution in [2.45, 2.75) is 44.8 Å². The summed E-state index contributed by atoms with van der Waals surface area (Å²) in [5, 5.41) is 0. The largest absolute Gasteiger partial charge is 0.469 e. The maximum absolute atomic E-state index is 11.5. The third-order valence-electron chi connectivity index (χ3n) is 4.11. The van der Waals surface area contributed by atoms with Crippen LogP contribution in [0.15, 0.2) is 24.3 Å². The van der Waals surface area contributed by atoms with Gasteiger partial charge in [0.2, 0.25) is 0 Å². The molecule has 0 aromatic heterocycles. The van der Waals surface area contributed by atoms with E-state index in [4.69, 9.17) is 10.5 Å². The fraction of sp³-hybridized carbons (Fsp3) is 0.562. The number of carbonyl (C=O) groups is 1. The van der Waals surface area contributed by atoms with E-state index in [0.29, 0.717) is 18.5 Å². The Kier molecular flexibility index (Phi) is 5.15. The summed E-state index contributed by atoms with van der Waals surface area (Å²) in [6.45, 7) is 4.12. The van der Waals surface area contributed by atoms with Crippen molar-refractivity contribution in [2.24, 2.45) is 5.73 Å². The van der Waals surface area contributed by atoms with Crippen molar-refractivity contribution in [3.05, 3.63) is 35.4 Å². The van der Waals surface area contributed by atoms with E-state index in [9.17, 15) is 4.79 Å². The van der Waals surface area contributed by atoms with Gasteiger partial charge < -0.3 is 10.5 Å². The number of nitrogens with two attached hydrogens (primary N) is 1. The van der Waals surface area contributed by atoms with Crippen molar-refractivity contribution in [3.63, 3.8) is 0 Å². The molecule has 2 unspecified atom stereocenters.